The second-order valence-corrected chi connectivity index (χ2v) is 8.89. The molecule has 0 aliphatic rings. The van der Waals surface area contributed by atoms with Crippen molar-refractivity contribution in [2.24, 2.45) is 0 Å². The second kappa shape index (κ2) is 11.2. The monoisotopic (exact) mass is 475 g/mol. The van der Waals surface area contributed by atoms with E-state index in [9.17, 15) is 4.79 Å². The first-order valence-electron chi connectivity index (χ1n) is 11.7. The Morgan fingerprint density at radius 2 is 1.71 bits per heavy atom. The highest BCUT2D eigenvalue weighted by Gasteiger charge is 2.12. The summed E-state index contributed by atoms with van der Waals surface area (Å²) in [7, 11) is 0. The zero-order valence-electron chi connectivity index (χ0n) is 19.7. The molecule has 6 heteroatoms. The first-order chi connectivity index (χ1) is 16.5. The van der Waals surface area contributed by atoms with Crippen LogP contribution in [0.3, 0.4) is 0 Å². The molecule has 0 saturated carbocycles. The van der Waals surface area contributed by atoms with E-state index < -0.39 is 0 Å². The van der Waals surface area contributed by atoms with Gasteiger partial charge in [-0.3, -0.25) is 4.79 Å². The van der Waals surface area contributed by atoms with Gasteiger partial charge in [0.15, 0.2) is 0 Å². The number of hydrogen-bond donors (Lipinski definition) is 1. The van der Waals surface area contributed by atoms with Crippen LogP contribution in [0.2, 0.25) is 5.02 Å². The van der Waals surface area contributed by atoms with E-state index in [0.29, 0.717) is 30.2 Å². The first kappa shape index (κ1) is 23.8. The van der Waals surface area contributed by atoms with Crippen LogP contribution in [-0.4, -0.2) is 28.6 Å². The number of amides is 1. The normalized spacial score (nSPS) is 11.0. The van der Waals surface area contributed by atoms with Gasteiger partial charge in [-0.1, -0.05) is 41.9 Å². The average molecular weight is 476 g/mol. The van der Waals surface area contributed by atoms with Crippen LogP contribution < -0.4 is 10.1 Å². The van der Waals surface area contributed by atoms with E-state index >= 15 is 0 Å². The third-order valence-electron chi connectivity index (χ3n) is 5.91. The maximum absolute atomic E-state index is 12.4. The Bertz CT molecular complexity index is 1240. The molecule has 0 fully saturated rings. The number of imidazole rings is 1. The van der Waals surface area contributed by atoms with Gasteiger partial charge in [0.05, 0.1) is 17.6 Å². The lowest BCUT2D eigenvalue weighted by Crippen LogP contribution is -2.26. The fourth-order valence-electron chi connectivity index (χ4n) is 4.13. The Labute approximate surface area is 205 Å². The molecule has 4 rings (SSSR count). The van der Waals surface area contributed by atoms with Crippen LogP contribution >= 0.6 is 11.6 Å². The van der Waals surface area contributed by atoms with Crippen LogP contribution in [0.4, 0.5) is 0 Å². The molecule has 0 bridgehead atoms. The maximum atomic E-state index is 12.4. The molecule has 5 nitrogen and oxygen atoms in total. The lowest BCUT2D eigenvalue weighted by atomic mass is 10.1. The number of nitrogens with zero attached hydrogens (tertiary/aromatic N) is 2. The van der Waals surface area contributed by atoms with Gasteiger partial charge in [-0.05, 0) is 74.2 Å². The third kappa shape index (κ3) is 5.78. The summed E-state index contributed by atoms with van der Waals surface area (Å²) < 4.78 is 8.33. The molecule has 1 amide bonds. The summed E-state index contributed by atoms with van der Waals surface area (Å²) in [5, 5.41) is 3.60. The molecule has 4 aromatic rings. The summed E-state index contributed by atoms with van der Waals surface area (Å²) in [6.07, 6.45) is 2.59. The molecular weight excluding hydrogens is 446 g/mol. The number of benzene rings is 3. The fourth-order valence-corrected chi connectivity index (χ4v) is 4.26. The summed E-state index contributed by atoms with van der Waals surface area (Å²) in [6.45, 7) is 6.22. The Hall–Kier alpha value is -3.31. The lowest BCUT2D eigenvalue weighted by molar-refractivity contribution is 0.0954. The zero-order chi connectivity index (χ0) is 23.9. The Kier molecular flexibility index (Phi) is 7.86. The van der Waals surface area contributed by atoms with E-state index in [-0.39, 0.29) is 5.91 Å². The Morgan fingerprint density at radius 1 is 0.971 bits per heavy atom. The molecule has 34 heavy (non-hydrogen) atoms. The van der Waals surface area contributed by atoms with Gasteiger partial charge in [0.1, 0.15) is 11.6 Å². The van der Waals surface area contributed by atoms with Gasteiger partial charge in [0.2, 0.25) is 0 Å². The van der Waals surface area contributed by atoms with Gasteiger partial charge in [-0.2, -0.15) is 0 Å². The molecule has 0 aliphatic carbocycles. The molecule has 0 spiro atoms. The number of halogens is 1. The van der Waals surface area contributed by atoms with Crippen molar-refractivity contribution in [1.29, 1.82) is 0 Å². The van der Waals surface area contributed by atoms with E-state index in [0.717, 1.165) is 42.0 Å². The highest BCUT2D eigenvalue weighted by Crippen LogP contribution is 2.23. The van der Waals surface area contributed by atoms with E-state index in [1.54, 1.807) is 24.3 Å². The number of fused-ring (bicyclic) bond motifs is 1. The van der Waals surface area contributed by atoms with Crippen LogP contribution in [0.1, 0.15) is 40.2 Å². The van der Waals surface area contributed by atoms with Crippen LogP contribution in [0.5, 0.6) is 5.75 Å². The van der Waals surface area contributed by atoms with E-state index in [1.807, 2.05) is 18.2 Å². The van der Waals surface area contributed by atoms with Gasteiger partial charge in [0, 0.05) is 30.1 Å². The minimum absolute atomic E-state index is 0.108. The van der Waals surface area contributed by atoms with Gasteiger partial charge in [0.25, 0.3) is 5.91 Å². The number of aryl methyl sites for hydroxylation is 3. The second-order valence-electron chi connectivity index (χ2n) is 8.46. The summed E-state index contributed by atoms with van der Waals surface area (Å²) in [4.78, 5) is 17.2. The van der Waals surface area contributed by atoms with Crippen LogP contribution in [0, 0.1) is 13.8 Å². The predicted octanol–water partition coefficient (Wildman–Crippen LogP) is 6.14. The molecule has 0 radical (unpaired) electrons. The van der Waals surface area contributed by atoms with Crippen molar-refractivity contribution in [2.75, 3.05) is 13.2 Å². The maximum Gasteiger partial charge on any atom is 0.251 e. The SMILES string of the molecule is Cc1cccc(C)c1OCCCCn1c(CCNC(=O)c2ccc(Cl)cc2)nc2ccccc21. The smallest absolute Gasteiger partial charge is 0.251 e. The molecule has 176 valence electrons. The number of carbonyl (C=O) groups is 1. The molecule has 0 aliphatic heterocycles. The van der Waals surface area contributed by atoms with Gasteiger partial charge in [-0.25, -0.2) is 4.98 Å². The standard InChI is InChI=1S/C28H30ClN3O2/c1-20-8-7-9-21(2)27(20)34-19-6-5-18-32-25-11-4-3-10-24(25)31-26(32)16-17-30-28(33)22-12-14-23(29)15-13-22/h3-4,7-15H,5-6,16-19H2,1-2H3,(H,30,33). The van der Waals surface area contributed by atoms with Crippen LogP contribution in [-0.2, 0) is 13.0 Å². The summed E-state index contributed by atoms with van der Waals surface area (Å²) in [6, 6.07) is 21.3. The number of hydrogen-bond acceptors (Lipinski definition) is 3. The van der Waals surface area contributed by atoms with Crippen molar-refractivity contribution in [3.8, 4) is 5.75 Å². The number of ether oxygens (including phenoxy) is 1. The van der Waals surface area contributed by atoms with Crippen molar-refractivity contribution < 1.29 is 9.53 Å². The summed E-state index contributed by atoms with van der Waals surface area (Å²) >= 11 is 5.91. The van der Waals surface area contributed by atoms with E-state index in [1.165, 1.54) is 11.1 Å². The van der Waals surface area contributed by atoms with Gasteiger partial charge >= 0.3 is 0 Å². The number of rotatable bonds is 10. The third-order valence-corrected chi connectivity index (χ3v) is 6.16. The van der Waals surface area contributed by atoms with Gasteiger partial charge in [-0.15, -0.1) is 0 Å². The van der Waals surface area contributed by atoms with E-state index in [4.69, 9.17) is 21.3 Å². The molecule has 3 aromatic carbocycles. The topological polar surface area (TPSA) is 56.1 Å². The molecule has 1 N–H and O–H groups in total. The predicted molar refractivity (Wildman–Crippen MR) is 138 cm³/mol. The van der Waals surface area contributed by atoms with Crippen molar-refractivity contribution >= 4 is 28.5 Å². The average Bonchev–Trinajstić information content (AvgIpc) is 3.18. The molecule has 0 saturated heterocycles. The zero-order valence-corrected chi connectivity index (χ0v) is 20.4. The number of unbranched alkanes of at least 4 members (excludes halogenated alkanes) is 1. The van der Waals surface area contributed by atoms with Crippen molar-refractivity contribution in [2.45, 2.75) is 39.7 Å². The number of nitrogens with one attached hydrogen (secondary N) is 1. The van der Waals surface area contributed by atoms with Crippen LogP contribution in [0.15, 0.2) is 66.7 Å². The highest BCUT2D eigenvalue weighted by molar-refractivity contribution is 6.30. The van der Waals surface area contributed by atoms with Crippen LogP contribution in [0.25, 0.3) is 11.0 Å². The quantitative estimate of drug-likeness (QED) is 0.280. The highest BCUT2D eigenvalue weighted by atomic mass is 35.5. The molecule has 0 atom stereocenters. The van der Waals surface area contributed by atoms with Gasteiger partial charge < -0.3 is 14.6 Å². The lowest BCUT2D eigenvalue weighted by Gasteiger charge is -2.13. The number of aromatic nitrogens is 2. The van der Waals surface area contributed by atoms with Crippen molar-refractivity contribution in [3.63, 3.8) is 0 Å². The summed E-state index contributed by atoms with van der Waals surface area (Å²) in [5.41, 5.74) is 5.04. The minimum Gasteiger partial charge on any atom is -0.493 e. The Morgan fingerprint density at radius 3 is 2.47 bits per heavy atom. The molecule has 1 heterocycles. The number of para-hydroxylation sites is 3. The molecule has 0 unspecified atom stereocenters. The largest absolute Gasteiger partial charge is 0.493 e. The van der Waals surface area contributed by atoms with Crippen molar-refractivity contribution in [1.82, 2.24) is 14.9 Å². The number of carbonyl (C=O) groups excluding carboxylic acids is 1. The molecule has 1 aromatic heterocycles. The summed E-state index contributed by atoms with van der Waals surface area (Å²) in [5.74, 6) is 1.86. The molecular formula is C28H30ClN3O2. The van der Waals surface area contributed by atoms with E-state index in [2.05, 4.69) is 48.0 Å². The fraction of sp³-hybridized carbons (Fsp3) is 0.286. The van der Waals surface area contributed by atoms with Crippen molar-refractivity contribution in [3.05, 3.63) is 94.3 Å². The minimum atomic E-state index is -0.108. The Balaban J connectivity index is 1.34. The first-order valence-corrected chi connectivity index (χ1v) is 12.1.